The second-order valence-electron chi connectivity index (χ2n) is 5.06. The van der Waals surface area contributed by atoms with Crippen molar-refractivity contribution < 1.29 is 14.3 Å². The second kappa shape index (κ2) is 8.07. The van der Waals surface area contributed by atoms with Crippen LogP contribution in [0.25, 0.3) is 10.9 Å². The molecule has 1 aromatic carbocycles. The van der Waals surface area contributed by atoms with E-state index in [9.17, 15) is 14.4 Å². The number of rotatable bonds is 7. The summed E-state index contributed by atoms with van der Waals surface area (Å²) in [5.74, 6) is 0.0661. The smallest absolute Gasteiger partial charge is 0.307 e. The van der Waals surface area contributed by atoms with E-state index < -0.39 is 0 Å². The van der Waals surface area contributed by atoms with Gasteiger partial charge >= 0.3 is 5.97 Å². The first-order valence-corrected chi connectivity index (χ1v) is 7.41. The van der Waals surface area contributed by atoms with Gasteiger partial charge in [0, 0.05) is 19.4 Å². The molecule has 2 rings (SSSR count). The summed E-state index contributed by atoms with van der Waals surface area (Å²) in [4.78, 5) is 41.6. The van der Waals surface area contributed by atoms with E-state index in [0.717, 1.165) is 0 Å². The third-order valence-electron chi connectivity index (χ3n) is 3.36. The van der Waals surface area contributed by atoms with Gasteiger partial charge in [-0.2, -0.15) is 0 Å². The van der Waals surface area contributed by atoms with Crippen LogP contribution in [0.3, 0.4) is 0 Å². The van der Waals surface area contributed by atoms with Crippen molar-refractivity contribution in [3.63, 3.8) is 0 Å². The van der Waals surface area contributed by atoms with Crippen LogP contribution >= 0.6 is 0 Å². The van der Waals surface area contributed by atoms with Crippen LogP contribution in [0.15, 0.2) is 29.1 Å². The molecule has 2 aromatic rings. The molecule has 0 atom stereocenters. The minimum absolute atomic E-state index is 0.142. The van der Waals surface area contributed by atoms with E-state index in [1.54, 1.807) is 18.2 Å². The van der Waals surface area contributed by atoms with Gasteiger partial charge in [-0.1, -0.05) is 12.1 Å². The number of para-hydroxylation sites is 1. The molecule has 0 spiro atoms. The first-order chi connectivity index (χ1) is 11.1. The van der Waals surface area contributed by atoms with Crippen LogP contribution in [-0.4, -0.2) is 35.5 Å². The highest BCUT2D eigenvalue weighted by Crippen LogP contribution is 2.07. The van der Waals surface area contributed by atoms with Crippen LogP contribution in [0.2, 0.25) is 0 Å². The number of carbonyl (C=O) groups excluding carboxylic acids is 2. The number of carbonyl (C=O) groups is 2. The van der Waals surface area contributed by atoms with Gasteiger partial charge < -0.3 is 15.0 Å². The van der Waals surface area contributed by atoms with Crippen molar-refractivity contribution in [2.24, 2.45) is 0 Å². The first kappa shape index (κ1) is 16.7. The zero-order valence-corrected chi connectivity index (χ0v) is 12.9. The Hall–Kier alpha value is -2.70. The minimum Gasteiger partial charge on any atom is -0.469 e. The Morgan fingerprint density at radius 3 is 2.83 bits per heavy atom. The highest BCUT2D eigenvalue weighted by atomic mass is 16.5. The number of nitrogens with zero attached hydrogens (tertiary/aromatic N) is 1. The number of esters is 1. The van der Waals surface area contributed by atoms with Gasteiger partial charge in [0.1, 0.15) is 5.82 Å². The van der Waals surface area contributed by atoms with E-state index in [1.807, 2.05) is 6.07 Å². The molecule has 0 aliphatic rings. The second-order valence-corrected chi connectivity index (χ2v) is 5.06. The average molecular weight is 317 g/mol. The van der Waals surface area contributed by atoms with Crippen molar-refractivity contribution in [2.75, 3.05) is 13.7 Å². The summed E-state index contributed by atoms with van der Waals surface area (Å²) in [6.45, 7) is 0.260. The third kappa shape index (κ3) is 4.91. The fraction of sp³-hybridized carbons (Fsp3) is 0.375. The maximum atomic E-state index is 11.9. The largest absolute Gasteiger partial charge is 0.469 e. The summed E-state index contributed by atoms with van der Waals surface area (Å²) in [6, 6.07) is 7.12. The molecule has 1 amide bonds. The SMILES string of the molecule is COC(=O)CCNC(=O)CCCc1nc2ccccc2c(=O)[nH]1. The molecule has 0 unspecified atom stereocenters. The number of amides is 1. The van der Waals surface area contributed by atoms with E-state index in [-0.39, 0.29) is 30.4 Å². The molecular weight excluding hydrogens is 298 g/mol. The van der Waals surface area contributed by atoms with Crippen molar-refractivity contribution in [1.29, 1.82) is 0 Å². The number of benzene rings is 1. The Labute approximate surface area is 133 Å². The number of aromatic amines is 1. The average Bonchev–Trinajstić information content (AvgIpc) is 2.54. The van der Waals surface area contributed by atoms with Gasteiger partial charge in [0.05, 0.1) is 24.4 Å². The lowest BCUT2D eigenvalue weighted by atomic mass is 10.2. The highest BCUT2D eigenvalue weighted by molar-refractivity contribution is 5.77. The molecule has 0 radical (unpaired) electrons. The van der Waals surface area contributed by atoms with Crippen LogP contribution in [0.5, 0.6) is 0 Å². The number of H-pyrrole nitrogens is 1. The first-order valence-electron chi connectivity index (χ1n) is 7.41. The van der Waals surface area contributed by atoms with E-state index in [0.29, 0.717) is 36.0 Å². The van der Waals surface area contributed by atoms with Gasteiger partial charge in [-0.05, 0) is 18.6 Å². The van der Waals surface area contributed by atoms with Crippen molar-refractivity contribution in [1.82, 2.24) is 15.3 Å². The number of nitrogens with one attached hydrogen (secondary N) is 2. The number of hydrogen-bond acceptors (Lipinski definition) is 5. The molecular formula is C16H19N3O4. The highest BCUT2D eigenvalue weighted by Gasteiger charge is 2.06. The van der Waals surface area contributed by atoms with Gasteiger partial charge in [-0.15, -0.1) is 0 Å². The van der Waals surface area contributed by atoms with E-state index >= 15 is 0 Å². The fourth-order valence-corrected chi connectivity index (χ4v) is 2.16. The minimum atomic E-state index is -0.358. The molecule has 0 fully saturated rings. The molecule has 0 aliphatic heterocycles. The van der Waals surface area contributed by atoms with E-state index in [1.165, 1.54) is 7.11 Å². The number of aromatic nitrogens is 2. The molecule has 2 N–H and O–H groups in total. The number of methoxy groups -OCH3 is 1. The van der Waals surface area contributed by atoms with Crippen molar-refractivity contribution in [3.05, 3.63) is 40.4 Å². The molecule has 23 heavy (non-hydrogen) atoms. The summed E-state index contributed by atoms with van der Waals surface area (Å²) in [5, 5.41) is 3.20. The predicted octanol–water partition coefficient (Wildman–Crippen LogP) is 0.925. The Morgan fingerprint density at radius 1 is 1.26 bits per heavy atom. The standard InChI is InChI=1S/C16H19N3O4/c1-23-15(21)9-10-17-14(20)8-4-7-13-18-12-6-3-2-5-11(12)16(22)19-13/h2-3,5-6H,4,7-10H2,1H3,(H,17,20)(H,18,19,22). The number of fused-ring (bicyclic) bond motifs is 1. The molecule has 122 valence electrons. The van der Waals surface area contributed by atoms with Crippen LogP contribution in [0.1, 0.15) is 25.1 Å². The van der Waals surface area contributed by atoms with E-state index in [2.05, 4.69) is 20.0 Å². The Bertz CT molecular complexity index is 754. The fourth-order valence-electron chi connectivity index (χ4n) is 2.16. The van der Waals surface area contributed by atoms with E-state index in [4.69, 9.17) is 0 Å². The number of ether oxygens (including phenoxy) is 1. The molecule has 0 saturated carbocycles. The quantitative estimate of drug-likeness (QED) is 0.740. The predicted molar refractivity (Wildman–Crippen MR) is 84.9 cm³/mol. The lowest BCUT2D eigenvalue weighted by molar-refractivity contribution is -0.140. The van der Waals surface area contributed by atoms with Gasteiger partial charge in [0.15, 0.2) is 0 Å². The Morgan fingerprint density at radius 2 is 2.04 bits per heavy atom. The Balaban J connectivity index is 1.81. The van der Waals surface area contributed by atoms with Crippen molar-refractivity contribution in [3.8, 4) is 0 Å². The van der Waals surface area contributed by atoms with Gasteiger partial charge in [-0.3, -0.25) is 14.4 Å². The third-order valence-corrected chi connectivity index (χ3v) is 3.36. The Kier molecular flexibility index (Phi) is 5.85. The molecule has 1 heterocycles. The summed E-state index contributed by atoms with van der Waals surface area (Å²) < 4.78 is 4.49. The number of hydrogen-bond donors (Lipinski definition) is 2. The number of aryl methyl sites for hydroxylation is 1. The summed E-state index contributed by atoms with van der Waals surface area (Å²) in [7, 11) is 1.31. The van der Waals surface area contributed by atoms with Crippen LogP contribution in [-0.2, 0) is 20.7 Å². The monoisotopic (exact) mass is 317 g/mol. The normalized spacial score (nSPS) is 10.5. The maximum absolute atomic E-state index is 11.9. The zero-order chi connectivity index (χ0) is 16.7. The maximum Gasteiger partial charge on any atom is 0.307 e. The molecule has 7 nitrogen and oxygen atoms in total. The topological polar surface area (TPSA) is 101 Å². The molecule has 7 heteroatoms. The zero-order valence-electron chi connectivity index (χ0n) is 12.9. The molecule has 0 saturated heterocycles. The van der Waals surface area contributed by atoms with Gasteiger partial charge in [0.2, 0.25) is 5.91 Å². The van der Waals surface area contributed by atoms with Crippen molar-refractivity contribution >= 4 is 22.8 Å². The van der Waals surface area contributed by atoms with Crippen LogP contribution in [0, 0.1) is 0 Å². The van der Waals surface area contributed by atoms with Crippen LogP contribution in [0.4, 0.5) is 0 Å². The van der Waals surface area contributed by atoms with Crippen LogP contribution < -0.4 is 10.9 Å². The summed E-state index contributed by atoms with van der Waals surface area (Å²) in [5.41, 5.74) is 0.474. The summed E-state index contributed by atoms with van der Waals surface area (Å²) in [6.07, 6.45) is 1.52. The molecule has 1 aromatic heterocycles. The lowest BCUT2D eigenvalue weighted by Gasteiger charge is -2.05. The molecule has 0 aliphatic carbocycles. The van der Waals surface area contributed by atoms with Gasteiger partial charge in [0.25, 0.3) is 5.56 Å². The van der Waals surface area contributed by atoms with Gasteiger partial charge in [-0.25, -0.2) is 4.98 Å². The lowest BCUT2D eigenvalue weighted by Crippen LogP contribution is -2.26. The molecule has 0 bridgehead atoms. The summed E-state index contributed by atoms with van der Waals surface area (Å²) >= 11 is 0. The van der Waals surface area contributed by atoms with Crippen molar-refractivity contribution in [2.45, 2.75) is 25.7 Å².